The zero-order chi connectivity index (χ0) is 12.8. The van der Waals surface area contributed by atoms with Crippen LogP contribution in [0.1, 0.15) is 20.7 Å². The average molecular weight is 238 g/mol. The van der Waals surface area contributed by atoms with Crippen LogP contribution in [-0.2, 0) is 0 Å². The van der Waals surface area contributed by atoms with Crippen molar-refractivity contribution in [3.8, 4) is 11.5 Å². The fraction of sp³-hybridized carbons (Fsp3) is 0.273. The Morgan fingerprint density at radius 3 is 1.59 bits per heavy atom. The van der Waals surface area contributed by atoms with Gasteiger partial charge < -0.3 is 19.7 Å². The molecule has 0 unspecified atom stereocenters. The number of hydrogen-bond acceptors (Lipinski definition) is 6. The minimum absolute atomic E-state index is 0.0855. The summed E-state index contributed by atoms with van der Waals surface area (Å²) in [4.78, 5) is 23.2. The molecule has 0 heterocycles. The quantitative estimate of drug-likeness (QED) is 0.545. The van der Waals surface area contributed by atoms with Gasteiger partial charge in [0.1, 0.15) is 0 Å². The van der Waals surface area contributed by atoms with E-state index >= 15 is 0 Å². The highest BCUT2D eigenvalue weighted by Gasteiger charge is 2.51. The van der Waals surface area contributed by atoms with E-state index in [0.29, 0.717) is 0 Å². The highest BCUT2D eigenvalue weighted by molar-refractivity contribution is 6.30. The molecule has 0 radical (unpaired) electrons. The number of carbonyl (C=O) groups is 2. The van der Waals surface area contributed by atoms with Gasteiger partial charge in [-0.1, -0.05) is 0 Å². The molecule has 1 aromatic carbocycles. The minimum atomic E-state index is -2.99. The number of benzene rings is 1. The number of ether oxygens (including phenoxy) is 2. The van der Waals surface area contributed by atoms with Gasteiger partial charge in [0.2, 0.25) is 11.6 Å². The number of methoxy groups -OCH3 is 2. The van der Waals surface area contributed by atoms with Crippen molar-refractivity contribution < 1.29 is 29.3 Å². The van der Waals surface area contributed by atoms with Crippen molar-refractivity contribution in [2.45, 2.75) is 5.79 Å². The van der Waals surface area contributed by atoms with Gasteiger partial charge in [-0.15, -0.1) is 0 Å². The lowest BCUT2D eigenvalue weighted by Gasteiger charge is -2.08. The third kappa shape index (κ3) is 1.42. The summed E-state index contributed by atoms with van der Waals surface area (Å²) in [6.07, 6.45) is 0. The molecule has 0 bridgehead atoms. The molecular weight excluding hydrogens is 228 g/mol. The van der Waals surface area contributed by atoms with Crippen LogP contribution in [0.3, 0.4) is 0 Å². The van der Waals surface area contributed by atoms with Gasteiger partial charge in [0, 0.05) is 11.1 Å². The molecule has 17 heavy (non-hydrogen) atoms. The van der Waals surface area contributed by atoms with Crippen molar-refractivity contribution >= 4 is 11.6 Å². The molecule has 1 aromatic rings. The fourth-order valence-electron chi connectivity index (χ4n) is 1.73. The highest BCUT2D eigenvalue weighted by atomic mass is 16.5. The van der Waals surface area contributed by atoms with Gasteiger partial charge in [0.25, 0.3) is 5.79 Å². The van der Waals surface area contributed by atoms with Crippen molar-refractivity contribution in [2.24, 2.45) is 0 Å². The number of rotatable bonds is 2. The molecule has 0 fully saturated rings. The Bertz CT molecular complexity index is 472. The highest BCUT2D eigenvalue weighted by Crippen LogP contribution is 2.37. The Balaban J connectivity index is 2.68. The summed E-state index contributed by atoms with van der Waals surface area (Å²) >= 11 is 0. The number of carbonyl (C=O) groups excluding carboxylic acids is 2. The Hall–Kier alpha value is -1.92. The first-order valence-corrected chi connectivity index (χ1v) is 4.73. The van der Waals surface area contributed by atoms with Gasteiger partial charge in [-0.2, -0.15) is 0 Å². The third-order valence-corrected chi connectivity index (χ3v) is 2.65. The maximum absolute atomic E-state index is 11.6. The van der Waals surface area contributed by atoms with Gasteiger partial charge in [-0.3, -0.25) is 9.59 Å². The predicted octanol–water partition coefficient (Wildman–Crippen LogP) is -0.236. The van der Waals surface area contributed by atoms with Crippen molar-refractivity contribution in [1.29, 1.82) is 0 Å². The summed E-state index contributed by atoms with van der Waals surface area (Å²) in [6.45, 7) is 0. The lowest BCUT2D eigenvalue weighted by molar-refractivity contribution is -0.0857. The average Bonchev–Trinajstić information content (AvgIpc) is 2.49. The van der Waals surface area contributed by atoms with E-state index in [9.17, 15) is 19.8 Å². The molecule has 2 rings (SSSR count). The predicted molar refractivity (Wildman–Crippen MR) is 55.4 cm³/mol. The largest absolute Gasteiger partial charge is 0.493 e. The van der Waals surface area contributed by atoms with Gasteiger partial charge >= 0.3 is 0 Å². The van der Waals surface area contributed by atoms with Crippen LogP contribution in [0, 0.1) is 0 Å². The molecule has 0 atom stereocenters. The van der Waals surface area contributed by atoms with Gasteiger partial charge in [0.15, 0.2) is 11.5 Å². The van der Waals surface area contributed by atoms with E-state index in [1.54, 1.807) is 0 Å². The van der Waals surface area contributed by atoms with E-state index in [1.165, 1.54) is 26.4 Å². The molecule has 0 aromatic heterocycles. The standard InChI is InChI=1S/C11H10O6/c1-16-7-3-5-6(4-8(7)17-2)10(13)11(14,15)9(5)12/h3-4,14-15H,1-2H3. The smallest absolute Gasteiger partial charge is 0.295 e. The number of hydrogen-bond donors (Lipinski definition) is 2. The summed E-state index contributed by atoms with van der Waals surface area (Å²) in [7, 11) is 2.74. The van der Waals surface area contributed by atoms with Crippen LogP contribution < -0.4 is 9.47 Å². The van der Waals surface area contributed by atoms with Crippen LogP contribution in [0.4, 0.5) is 0 Å². The Labute approximate surface area is 96.4 Å². The lowest BCUT2D eigenvalue weighted by atomic mass is 10.1. The van der Waals surface area contributed by atoms with Crippen LogP contribution in [-0.4, -0.2) is 41.8 Å². The Morgan fingerprint density at radius 2 is 1.29 bits per heavy atom. The molecule has 1 aliphatic carbocycles. The van der Waals surface area contributed by atoms with Crippen molar-refractivity contribution in [2.75, 3.05) is 14.2 Å². The molecule has 0 aliphatic heterocycles. The van der Waals surface area contributed by atoms with Crippen molar-refractivity contribution in [3.63, 3.8) is 0 Å². The van der Waals surface area contributed by atoms with Crippen LogP contribution in [0.25, 0.3) is 0 Å². The van der Waals surface area contributed by atoms with E-state index in [4.69, 9.17) is 9.47 Å². The number of Topliss-reactive ketones (excluding diaryl/α,β-unsaturated/α-hetero) is 2. The van der Waals surface area contributed by atoms with Gasteiger partial charge in [-0.25, -0.2) is 0 Å². The van der Waals surface area contributed by atoms with E-state index < -0.39 is 17.4 Å². The zero-order valence-corrected chi connectivity index (χ0v) is 9.18. The van der Waals surface area contributed by atoms with Crippen LogP contribution in [0.2, 0.25) is 0 Å². The maximum Gasteiger partial charge on any atom is 0.295 e. The number of aliphatic hydroxyl groups is 2. The van der Waals surface area contributed by atoms with Crippen molar-refractivity contribution in [1.82, 2.24) is 0 Å². The summed E-state index contributed by atoms with van der Waals surface area (Å²) in [6, 6.07) is 2.51. The first kappa shape index (κ1) is 11.6. The van der Waals surface area contributed by atoms with E-state index in [1.807, 2.05) is 0 Å². The summed E-state index contributed by atoms with van der Waals surface area (Å²) in [5.74, 6) is -4.62. The second kappa shape index (κ2) is 3.54. The first-order valence-electron chi connectivity index (χ1n) is 4.73. The number of ketones is 2. The topological polar surface area (TPSA) is 93.1 Å². The molecule has 6 nitrogen and oxygen atoms in total. The molecule has 2 N–H and O–H groups in total. The monoisotopic (exact) mass is 238 g/mol. The van der Waals surface area contributed by atoms with E-state index in [-0.39, 0.29) is 22.6 Å². The molecule has 0 amide bonds. The molecular formula is C11H10O6. The second-order valence-electron chi connectivity index (χ2n) is 3.58. The van der Waals surface area contributed by atoms with Gasteiger partial charge in [0.05, 0.1) is 14.2 Å². The Kier molecular flexibility index (Phi) is 2.41. The van der Waals surface area contributed by atoms with Gasteiger partial charge in [-0.05, 0) is 12.1 Å². The second-order valence-corrected chi connectivity index (χ2v) is 3.58. The molecule has 0 saturated heterocycles. The SMILES string of the molecule is COc1cc2c(cc1OC)C(=O)C(O)(O)C2=O. The van der Waals surface area contributed by atoms with E-state index in [2.05, 4.69) is 0 Å². The molecule has 1 aliphatic rings. The summed E-state index contributed by atoms with van der Waals surface area (Å²) in [5, 5.41) is 18.7. The molecule has 6 heteroatoms. The molecule has 0 saturated carbocycles. The lowest BCUT2D eigenvalue weighted by Crippen LogP contribution is -2.40. The normalized spacial score (nSPS) is 16.9. The third-order valence-electron chi connectivity index (χ3n) is 2.65. The van der Waals surface area contributed by atoms with E-state index in [0.717, 1.165) is 0 Å². The van der Waals surface area contributed by atoms with Crippen LogP contribution in [0.5, 0.6) is 11.5 Å². The fourth-order valence-corrected chi connectivity index (χ4v) is 1.73. The Morgan fingerprint density at radius 1 is 0.941 bits per heavy atom. The maximum atomic E-state index is 11.6. The van der Waals surface area contributed by atoms with Crippen LogP contribution in [0.15, 0.2) is 12.1 Å². The molecule has 0 spiro atoms. The van der Waals surface area contributed by atoms with Crippen molar-refractivity contribution in [3.05, 3.63) is 23.3 Å². The summed E-state index contributed by atoms with van der Waals surface area (Å²) in [5.41, 5.74) is -0.171. The minimum Gasteiger partial charge on any atom is -0.493 e. The van der Waals surface area contributed by atoms with Crippen LogP contribution >= 0.6 is 0 Å². The molecule has 90 valence electrons. The first-order chi connectivity index (χ1) is 7.93. The number of fused-ring (bicyclic) bond motifs is 1. The summed E-state index contributed by atoms with van der Waals surface area (Å²) < 4.78 is 9.92. The zero-order valence-electron chi connectivity index (χ0n) is 9.18.